The van der Waals surface area contributed by atoms with Crippen molar-refractivity contribution in [1.29, 1.82) is 0 Å². The Kier molecular flexibility index (Phi) is 6.36. The quantitative estimate of drug-likeness (QED) is 0.732. The minimum absolute atomic E-state index is 0.0586. The summed E-state index contributed by atoms with van der Waals surface area (Å²) in [7, 11) is -1.89. The molecular formula is C19H27N3O5S. The van der Waals surface area contributed by atoms with Gasteiger partial charge in [-0.25, -0.2) is 8.42 Å². The normalized spacial score (nSPS) is 21.9. The standard InChI is InChI=1S/C19H27N3O5S/c1-14(13-27-2)22-12-15(11-18(22)23)19(24)20-16-5-7-17(8-6-16)28(25,26)21-9-3-4-10-21/h5-8,14-15H,3-4,9-13H2,1-2H3,(H,20,24)/t14-,15+/m0/s1. The Morgan fingerprint density at radius 3 is 2.50 bits per heavy atom. The molecule has 0 unspecified atom stereocenters. The fraction of sp³-hybridized carbons (Fsp3) is 0.579. The molecule has 2 atom stereocenters. The van der Waals surface area contributed by atoms with Gasteiger partial charge in [0.25, 0.3) is 0 Å². The predicted molar refractivity (Wildman–Crippen MR) is 104 cm³/mol. The summed E-state index contributed by atoms with van der Waals surface area (Å²) in [5, 5.41) is 2.79. The molecule has 0 aliphatic carbocycles. The van der Waals surface area contributed by atoms with E-state index >= 15 is 0 Å². The van der Waals surface area contributed by atoms with Crippen LogP contribution in [0.3, 0.4) is 0 Å². The van der Waals surface area contributed by atoms with Gasteiger partial charge < -0.3 is 15.0 Å². The van der Waals surface area contributed by atoms with Crippen LogP contribution in [0, 0.1) is 5.92 Å². The zero-order chi connectivity index (χ0) is 20.3. The number of sulfonamides is 1. The molecule has 28 heavy (non-hydrogen) atoms. The third kappa shape index (κ3) is 4.37. The summed E-state index contributed by atoms with van der Waals surface area (Å²) in [6.45, 7) is 3.77. The monoisotopic (exact) mass is 409 g/mol. The van der Waals surface area contributed by atoms with Gasteiger partial charge in [0, 0.05) is 38.9 Å². The highest BCUT2D eigenvalue weighted by Gasteiger charge is 2.36. The van der Waals surface area contributed by atoms with Crippen LogP contribution < -0.4 is 5.32 Å². The van der Waals surface area contributed by atoms with Crippen LogP contribution in [-0.4, -0.2) is 68.8 Å². The van der Waals surface area contributed by atoms with Crippen LogP contribution in [0.4, 0.5) is 5.69 Å². The largest absolute Gasteiger partial charge is 0.383 e. The van der Waals surface area contributed by atoms with Gasteiger partial charge in [-0.3, -0.25) is 9.59 Å². The number of ether oxygens (including phenoxy) is 1. The highest BCUT2D eigenvalue weighted by atomic mass is 32.2. The van der Waals surface area contributed by atoms with Gasteiger partial charge in [-0.05, 0) is 44.0 Å². The van der Waals surface area contributed by atoms with Crippen LogP contribution in [0.2, 0.25) is 0 Å². The lowest BCUT2D eigenvalue weighted by molar-refractivity contribution is -0.130. The molecule has 0 spiro atoms. The maximum absolute atomic E-state index is 12.6. The molecule has 2 aliphatic rings. The lowest BCUT2D eigenvalue weighted by atomic mass is 10.1. The Labute approximate surface area is 165 Å². The van der Waals surface area contributed by atoms with E-state index in [0.717, 1.165) is 12.8 Å². The maximum Gasteiger partial charge on any atom is 0.243 e. The number of benzene rings is 1. The van der Waals surface area contributed by atoms with Crippen molar-refractivity contribution in [1.82, 2.24) is 9.21 Å². The van der Waals surface area contributed by atoms with Gasteiger partial charge in [0.2, 0.25) is 21.8 Å². The lowest BCUT2D eigenvalue weighted by Gasteiger charge is -2.23. The van der Waals surface area contributed by atoms with Crippen LogP contribution in [-0.2, 0) is 24.3 Å². The number of amides is 2. The molecule has 2 fully saturated rings. The van der Waals surface area contributed by atoms with Crippen molar-refractivity contribution in [2.45, 2.75) is 37.1 Å². The Bertz CT molecular complexity index is 818. The summed E-state index contributed by atoms with van der Waals surface area (Å²) in [5.74, 6) is -0.729. The number of hydrogen-bond donors (Lipinski definition) is 1. The predicted octanol–water partition coefficient (Wildman–Crippen LogP) is 1.29. The lowest BCUT2D eigenvalue weighted by Crippen LogP contribution is -2.38. The molecule has 3 rings (SSSR count). The molecule has 2 aliphatic heterocycles. The fourth-order valence-corrected chi connectivity index (χ4v) is 5.21. The topological polar surface area (TPSA) is 96.0 Å². The summed E-state index contributed by atoms with van der Waals surface area (Å²) in [6, 6.07) is 6.11. The molecule has 0 bridgehead atoms. The average Bonchev–Trinajstić information content (AvgIpc) is 3.32. The zero-order valence-corrected chi connectivity index (χ0v) is 17.1. The molecule has 1 N–H and O–H groups in total. The van der Waals surface area contributed by atoms with Gasteiger partial charge in [-0.2, -0.15) is 4.31 Å². The summed E-state index contributed by atoms with van der Waals surface area (Å²) in [6.07, 6.45) is 1.93. The van der Waals surface area contributed by atoms with Crippen LogP contribution in [0.5, 0.6) is 0 Å². The smallest absolute Gasteiger partial charge is 0.243 e. The van der Waals surface area contributed by atoms with Gasteiger partial charge in [-0.15, -0.1) is 0 Å². The van der Waals surface area contributed by atoms with Crippen molar-refractivity contribution in [3.05, 3.63) is 24.3 Å². The van der Waals surface area contributed by atoms with E-state index in [1.807, 2.05) is 6.92 Å². The molecule has 8 nitrogen and oxygen atoms in total. The number of nitrogens with zero attached hydrogens (tertiary/aromatic N) is 2. The molecule has 0 radical (unpaired) electrons. The van der Waals surface area contributed by atoms with Crippen molar-refractivity contribution >= 4 is 27.5 Å². The number of carbonyl (C=O) groups excluding carboxylic acids is 2. The summed E-state index contributed by atoms with van der Waals surface area (Å²) >= 11 is 0. The molecule has 2 amide bonds. The third-order valence-corrected chi connectivity index (χ3v) is 7.21. The number of anilines is 1. The number of methoxy groups -OCH3 is 1. The first-order valence-electron chi connectivity index (χ1n) is 9.52. The molecule has 9 heteroatoms. The summed E-state index contributed by atoms with van der Waals surface area (Å²) in [5.41, 5.74) is 0.515. The second-order valence-electron chi connectivity index (χ2n) is 7.38. The number of hydrogen-bond acceptors (Lipinski definition) is 5. The average molecular weight is 410 g/mol. The van der Waals surface area contributed by atoms with Crippen LogP contribution >= 0.6 is 0 Å². The SMILES string of the molecule is COC[C@H](C)N1C[C@H](C(=O)Nc2ccc(S(=O)(=O)N3CCCC3)cc2)CC1=O. The van der Waals surface area contributed by atoms with Crippen molar-refractivity contribution in [3.8, 4) is 0 Å². The second kappa shape index (κ2) is 8.59. The molecular weight excluding hydrogens is 382 g/mol. The minimum Gasteiger partial charge on any atom is -0.383 e. The van der Waals surface area contributed by atoms with E-state index in [2.05, 4.69) is 5.32 Å². The molecule has 1 aromatic rings. The Morgan fingerprint density at radius 1 is 1.25 bits per heavy atom. The van der Waals surface area contributed by atoms with E-state index in [0.29, 0.717) is 31.9 Å². The Morgan fingerprint density at radius 2 is 1.89 bits per heavy atom. The Balaban J connectivity index is 1.61. The van der Waals surface area contributed by atoms with E-state index in [9.17, 15) is 18.0 Å². The van der Waals surface area contributed by atoms with E-state index < -0.39 is 15.9 Å². The molecule has 154 valence electrons. The first-order valence-corrected chi connectivity index (χ1v) is 11.0. The number of likely N-dealkylation sites (tertiary alicyclic amines) is 1. The van der Waals surface area contributed by atoms with Crippen LogP contribution in [0.25, 0.3) is 0 Å². The summed E-state index contributed by atoms with van der Waals surface area (Å²) < 4.78 is 31.7. The number of carbonyl (C=O) groups is 2. The molecule has 0 saturated carbocycles. The molecule has 2 saturated heterocycles. The van der Waals surface area contributed by atoms with Gasteiger partial charge in [0.15, 0.2) is 0 Å². The molecule has 2 heterocycles. The highest BCUT2D eigenvalue weighted by Crippen LogP contribution is 2.24. The number of rotatable bonds is 7. The van der Waals surface area contributed by atoms with Crippen molar-refractivity contribution in [3.63, 3.8) is 0 Å². The third-order valence-electron chi connectivity index (χ3n) is 5.29. The van der Waals surface area contributed by atoms with Gasteiger partial charge in [-0.1, -0.05) is 0 Å². The van der Waals surface area contributed by atoms with Crippen molar-refractivity contribution in [2.24, 2.45) is 5.92 Å². The maximum atomic E-state index is 12.6. The van der Waals surface area contributed by atoms with Gasteiger partial charge in [0.1, 0.15) is 0 Å². The molecule has 1 aromatic carbocycles. The molecule has 0 aromatic heterocycles. The number of nitrogens with one attached hydrogen (secondary N) is 1. The van der Waals surface area contributed by atoms with Gasteiger partial charge >= 0.3 is 0 Å². The zero-order valence-electron chi connectivity index (χ0n) is 16.3. The highest BCUT2D eigenvalue weighted by molar-refractivity contribution is 7.89. The van der Waals surface area contributed by atoms with Crippen LogP contribution in [0.15, 0.2) is 29.2 Å². The van der Waals surface area contributed by atoms with Gasteiger partial charge in [0.05, 0.1) is 23.5 Å². The van der Waals surface area contributed by atoms with E-state index in [4.69, 9.17) is 4.74 Å². The van der Waals surface area contributed by atoms with Crippen molar-refractivity contribution in [2.75, 3.05) is 38.7 Å². The fourth-order valence-electron chi connectivity index (χ4n) is 3.70. The Hall–Kier alpha value is -1.97. The van der Waals surface area contributed by atoms with E-state index in [1.54, 1.807) is 24.1 Å². The van der Waals surface area contributed by atoms with Crippen molar-refractivity contribution < 1.29 is 22.7 Å². The summed E-state index contributed by atoms with van der Waals surface area (Å²) in [4.78, 5) is 26.6. The minimum atomic E-state index is -3.47. The first-order chi connectivity index (χ1) is 13.3. The van der Waals surface area contributed by atoms with E-state index in [1.165, 1.54) is 16.4 Å². The first kappa shape index (κ1) is 20.8. The van der Waals surface area contributed by atoms with E-state index in [-0.39, 0.29) is 29.2 Å². The second-order valence-corrected chi connectivity index (χ2v) is 9.31. The van der Waals surface area contributed by atoms with Crippen LogP contribution in [0.1, 0.15) is 26.2 Å².